The van der Waals surface area contributed by atoms with E-state index in [0.29, 0.717) is 17.6 Å². The van der Waals surface area contributed by atoms with Gasteiger partial charge in [0.25, 0.3) is 0 Å². The van der Waals surface area contributed by atoms with Crippen molar-refractivity contribution in [2.45, 2.75) is 39.0 Å². The van der Waals surface area contributed by atoms with Gasteiger partial charge in [-0.15, -0.1) is 0 Å². The summed E-state index contributed by atoms with van der Waals surface area (Å²) in [5.74, 6) is 7.93. The molecule has 3 rings (SSSR count). The molecule has 1 fully saturated rings. The molecule has 1 aliphatic carbocycles. The van der Waals surface area contributed by atoms with Gasteiger partial charge in [0.15, 0.2) is 0 Å². The minimum atomic E-state index is -0.298. The fourth-order valence-electron chi connectivity index (χ4n) is 2.86. The second-order valence-corrected chi connectivity index (χ2v) is 6.27. The average Bonchev–Trinajstić information content (AvgIpc) is 3.12. The molecule has 0 saturated heterocycles. The van der Waals surface area contributed by atoms with Crippen molar-refractivity contribution in [1.29, 1.82) is 0 Å². The highest BCUT2D eigenvalue weighted by Gasteiger charge is 2.12. The van der Waals surface area contributed by atoms with Gasteiger partial charge in [-0.05, 0) is 37.5 Å². The van der Waals surface area contributed by atoms with Crippen LogP contribution in [0.15, 0.2) is 30.5 Å². The lowest BCUT2D eigenvalue weighted by Crippen LogP contribution is -2.07. The van der Waals surface area contributed by atoms with Crippen LogP contribution in [0.2, 0.25) is 0 Å². The van der Waals surface area contributed by atoms with Crippen LogP contribution in [0.3, 0.4) is 0 Å². The van der Waals surface area contributed by atoms with E-state index in [-0.39, 0.29) is 5.82 Å². The molecule has 25 heavy (non-hydrogen) atoms. The standard InChI is InChI=1S/C20H23FN4/c1-2-12-22-19-16(11-10-15-6-3-4-7-15)14-23-20(25-19)24-18-9-5-8-17(21)13-18/h5,8-9,13-15H,2-4,6-7,12H2,1H3,(H2,22,23,24,25). The van der Waals surface area contributed by atoms with Gasteiger partial charge in [-0.1, -0.05) is 37.7 Å². The molecule has 0 bridgehead atoms. The van der Waals surface area contributed by atoms with Crippen molar-refractivity contribution in [2.24, 2.45) is 5.92 Å². The normalized spacial score (nSPS) is 14.0. The fraction of sp³-hybridized carbons (Fsp3) is 0.400. The first-order chi connectivity index (χ1) is 12.2. The average molecular weight is 338 g/mol. The molecular formula is C20H23FN4. The van der Waals surface area contributed by atoms with Gasteiger partial charge >= 0.3 is 0 Å². The third-order valence-corrected chi connectivity index (χ3v) is 4.18. The summed E-state index contributed by atoms with van der Waals surface area (Å²) in [5.41, 5.74) is 1.43. The van der Waals surface area contributed by atoms with E-state index in [2.05, 4.69) is 39.4 Å². The Morgan fingerprint density at radius 1 is 1.28 bits per heavy atom. The summed E-state index contributed by atoms with van der Waals surface area (Å²) >= 11 is 0. The largest absolute Gasteiger partial charge is 0.369 e. The number of halogens is 1. The maximum Gasteiger partial charge on any atom is 0.229 e. The Morgan fingerprint density at radius 3 is 2.88 bits per heavy atom. The number of benzene rings is 1. The molecule has 2 aromatic rings. The van der Waals surface area contributed by atoms with Gasteiger partial charge in [0.05, 0.1) is 11.8 Å². The number of hydrogen-bond donors (Lipinski definition) is 2. The smallest absolute Gasteiger partial charge is 0.229 e. The van der Waals surface area contributed by atoms with E-state index in [1.165, 1.54) is 37.8 Å². The Balaban J connectivity index is 1.81. The molecule has 4 nitrogen and oxygen atoms in total. The van der Waals surface area contributed by atoms with Crippen LogP contribution in [-0.4, -0.2) is 16.5 Å². The minimum Gasteiger partial charge on any atom is -0.369 e. The lowest BCUT2D eigenvalue weighted by molar-refractivity contribution is 0.628. The molecule has 0 spiro atoms. The van der Waals surface area contributed by atoms with Crippen LogP contribution in [0.5, 0.6) is 0 Å². The van der Waals surface area contributed by atoms with Crippen LogP contribution in [0.1, 0.15) is 44.6 Å². The molecule has 0 radical (unpaired) electrons. The zero-order valence-corrected chi connectivity index (χ0v) is 14.5. The summed E-state index contributed by atoms with van der Waals surface area (Å²) in [4.78, 5) is 8.85. The second-order valence-electron chi connectivity index (χ2n) is 6.27. The number of hydrogen-bond acceptors (Lipinski definition) is 4. The van der Waals surface area contributed by atoms with Crippen molar-refractivity contribution in [1.82, 2.24) is 9.97 Å². The highest BCUT2D eigenvalue weighted by atomic mass is 19.1. The van der Waals surface area contributed by atoms with E-state index >= 15 is 0 Å². The van der Waals surface area contributed by atoms with Crippen LogP contribution in [-0.2, 0) is 0 Å². The first-order valence-corrected chi connectivity index (χ1v) is 8.89. The molecule has 1 saturated carbocycles. The van der Waals surface area contributed by atoms with E-state index in [1.807, 2.05) is 0 Å². The first-order valence-electron chi connectivity index (χ1n) is 8.89. The molecule has 0 amide bonds. The third-order valence-electron chi connectivity index (χ3n) is 4.18. The van der Waals surface area contributed by atoms with Crippen molar-refractivity contribution >= 4 is 17.5 Å². The Labute approximate surface area is 148 Å². The zero-order valence-electron chi connectivity index (χ0n) is 14.5. The summed E-state index contributed by atoms with van der Waals surface area (Å²) in [6, 6.07) is 6.24. The van der Waals surface area contributed by atoms with Crippen molar-refractivity contribution in [3.63, 3.8) is 0 Å². The molecule has 5 heteroatoms. The summed E-state index contributed by atoms with van der Waals surface area (Å²) in [6.07, 6.45) is 7.64. The van der Waals surface area contributed by atoms with Crippen LogP contribution < -0.4 is 10.6 Å². The molecule has 2 N–H and O–H groups in total. The molecule has 1 aliphatic rings. The van der Waals surface area contributed by atoms with Crippen molar-refractivity contribution in [3.05, 3.63) is 41.8 Å². The topological polar surface area (TPSA) is 49.8 Å². The van der Waals surface area contributed by atoms with Gasteiger partial charge in [-0.2, -0.15) is 4.98 Å². The van der Waals surface area contributed by atoms with Gasteiger partial charge in [0, 0.05) is 18.2 Å². The molecule has 130 valence electrons. The Kier molecular flexibility index (Phi) is 5.84. The Morgan fingerprint density at radius 2 is 2.12 bits per heavy atom. The third kappa shape index (κ3) is 4.93. The number of nitrogens with one attached hydrogen (secondary N) is 2. The SMILES string of the molecule is CCCNc1nc(Nc2cccc(F)c2)ncc1C#CC1CCCC1. The highest BCUT2D eigenvalue weighted by molar-refractivity contribution is 5.59. The molecule has 1 heterocycles. The molecule has 0 aliphatic heterocycles. The molecule has 0 unspecified atom stereocenters. The quantitative estimate of drug-likeness (QED) is 0.774. The Hall–Kier alpha value is -2.61. The maximum atomic E-state index is 13.3. The van der Waals surface area contributed by atoms with E-state index in [0.717, 1.165) is 24.3 Å². The minimum absolute atomic E-state index is 0.298. The predicted octanol–water partition coefficient (Wildman–Crippen LogP) is 4.72. The monoisotopic (exact) mass is 338 g/mol. The molecule has 1 aromatic heterocycles. The molecular weight excluding hydrogens is 315 g/mol. The van der Waals surface area contributed by atoms with E-state index < -0.39 is 0 Å². The van der Waals surface area contributed by atoms with Crippen molar-refractivity contribution in [3.8, 4) is 11.8 Å². The maximum absolute atomic E-state index is 13.3. The van der Waals surface area contributed by atoms with Crippen LogP contribution in [0, 0.1) is 23.6 Å². The lowest BCUT2D eigenvalue weighted by atomic mass is 10.1. The van der Waals surface area contributed by atoms with Gasteiger partial charge in [0.1, 0.15) is 11.6 Å². The fourth-order valence-corrected chi connectivity index (χ4v) is 2.86. The molecule has 1 aromatic carbocycles. The highest BCUT2D eigenvalue weighted by Crippen LogP contribution is 2.24. The van der Waals surface area contributed by atoms with Crippen LogP contribution in [0.4, 0.5) is 21.8 Å². The number of nitrogens with zero attached hydrogens (tertiary/aromatic N) is 2. The lowest BCUT2D eigenvalue weighted by Gasteiger charge is -2.10. The van der Waals surface area contributed by atoms with Gasteiger partial charge < -0.3 is 10.6 Å². The van der Waals surface area contributed by atoms with Crippen molar-refractivity contribution < 1.29 is 4.39 Å². The first kappa shape index (κ1) is 17.2. The summed E-state index contributed by atoms with van der Waals surface area (Å²) < 4.78 is 13.3. The van der Waals surface area contributed by atoms with Gasteiger partial charge in [0.2, 0.25) is 5.95 Å². The predicted molar refractivity (Wildman–Crippen MR) is 99.3 cm³/mol. The van der Waals surface area contributed by atoms with Crippen LogP contribution in [0.25, 0.3) is 0 Å². The van der Waals surface area contributed by atoms with Crippen molar-refractivity contribution in [2.75, 3.05) is 17.2 Å². The number of anilines is 3. The summed E-state index contributed by atoms with van der Waals surface area (Å²) in [5, 5.41) is 6.34. The zero-order chi connectivity index (χ0) is 17.5. The number of aromatic nitrogens is 2. The second kappa shape index (κ2) is 8.48. The van der Waals surface area contributed by atoms with Gasteiger partial charge in [-0.25, -0.2) is 9.37 Å². The van der Waals surface area contributed by atoms with Crippen LogP contribution >= 0.6 is 0 Å². The van der Waals surface area contributed by atoms with E-state index in [9.17, 15) is 4.39 Å². The Bertz CT molecular complexity index is 773. The molecule has 0 atom stereocenters. The summed E-state index contributed by atoms with van der Waals surface area (Å²) in [6.45, 7) is 2.92. The summed E-state index contributed by atoms with van der Waals surface area (Å²) in [7, 11) is 0. The van der Waals surface area contributed by atoms with E-state index in [1.54, 1.807) is 18.3 Å². The van der Waals surface area contributed by atoms with E-state index in [4.69, 9.17) is 0 Å². The number of rotatable bonds is 5. The van der Waals surface area contributed by atoms with Gasteiger partial charge in [-0.3, -0.25) is 0 Å².